The summed E-state index contributed by atoms with van der Waals surface area (Å²) >= 11 is 2.58. The standard InChI is InChI=1S/C19H16N4O.2W/c1-13-5-4-8-17-19(13)15-6-2-3-7-16(15)22(17)10-9-14-11-18(20)21-23(14)12-24;;/h2-9,24H,12H2,1H3,(H2,20,21);;/b14-9+;;. The van der Waals surface area contributed by atoms with Crippen molar-refractivity contribution in [3.63, 3.8) is 0 Å². The van der Waals surface area contributed by atoms with Crippen LogP contribution in [-0.2, 0) is 38.7 Å². The molecule has 1 aromatic heterocycles. The quantitative estimate of drug-likeness (QED) is 0.443. The molecule has 2 heterocycles. The Bertz CT molecular complexity index is 1140. The predicted molar refractivity (Wildman–Crippen MR) is 98.2 cm³/mol. The van der Waals surface area contributed by atoms with E-state index >= 15 is 0 Å². The Kier molecular flexibility index (Phi) is 4.64. The third kappa shape index (κ3) is 2.70. The van der Waals surface area contributed by atoms with Crippen molar-refractivity contribution in [2.24, 2.45) is 10.8 Å². The van der Waals surface area contributed by atoms with Gasteiger partial charge in [0.05, 0.1) is 0 Å². The van der Waals surface area contributed by atoms with Crippen molar-refractivity contribution in [1.82, 2.24) is 9.58 Å². The number of allylic oxidation sites excluding steroid dienone is 1. The summed E-state index contributed by atoms with van der Waals surface area (Å²) in [7, 11) is 0. The van der Waals surface area contributed by atoms with Gasteiger partial charge >= 0.3 is 173 Å². The van der Waals surface area contributed by atoms with E-state index in [0.717, 1.165) is 13.6 Å². The van der Waals surface area contributed by atoms with Crippen LogP contribution in [0.1, 0.15) is 5.56 Å². The van der Waals surface area contributed by atoms with Crippen LogP contribution in [0.2, 0.25) is 0 Å². The number of para-hydroxylation sites is 1. The molecule has 1 aliphatic heterocycles. The van der Waals surface area contributed by atoms with Crippen LogP contribution in [-0.4, -0.2) is 35.2 Å². The fourth-order valence-corrected chi connectivity index (χ4v) is 5.19. The monoisotopic (exact) mass is 684 g/mol. The van der Waals surface area contributed by atoms with Gasteiger partial charge in [0, 0.05) is 0 Å². The molecule has 2 aromatic carbocycles. The number of rotatable bonds is 3. The second-order valence-electron chi connectivity index (χ2n) is 6.04. The van der Waals surface area contributed by atoms with Gasteiger partial charge in [-0.25, -0.2) is 0 Å². The molecule has 130 valence electrons. The summed E-state index contributed by atoms with van der Waals surface area (Å²) in [6.07, 6.45) is 2.09. The minimum absolute atomic E-state index is 0.182. The van der Waals surface area contributed by atoms with Gasteiger partial charge < -0.3 is 0 Å². The van der Waals surface area contributed by atoms with E-state index in [1.807, 2.05) is 0 Å². The minimum atomic E-state index is -0.182. The first-order valence-corrected chi connectivity index (χ1v) is 11.0. The molecule has 0 radical (unpaired) electrons. The molecule has 0 fully saturated rings. The molecule has 0 saturated heterocycles. The Morgan fingerprint density at radius 2 is 1.92 bits per heavy atom. The number of aromatic nitrogens is 1. The maximum atomic E-state index is 9.60. The molecule has 0 amide bonds. The predicted octanol–water partition coefficient (Wildman–Crippen LogP) is 1.77. The summed E-state index contributed by atoms with van der Waals surface area (Å²) in [6, 6.07) is 14.9. The van der Waals surface area contributed by atoms with E-state index in [4.69, 9.17) is 5.73 Å². The van der Waals surface area contributed by atoms with Crippen LogP contribution >= 0.6 is 0 Å². The van der Waals surface area contributed by atoms with Crippen LogP contribution in [0, 0.1) is 6.92 Å². The number of aryl methyl sites for hydroxylation is 1. The molecule has 0 unspecified atom stereocenters. The molecule has 4 rings (SSSR count). The zero-order valence-electron chi connectivity index (χ0n) is 14.0. The van der Waals surface area contributed by atoms with Gasteiger partial charge in [0.25, 0.3) is 0 Å². The van der Waals surface area contributed by atoms with Crippen molar-refractivity contribution in [2.45, 2.75) is 6.92 Å². The Labute approximate surface area is 172 Å². The average Bonchev–Trinajstić information content (AvgIpc) is 3.11. The number of hydrogen-bond acceptors (Lipinski definition) is 4. The van der Waals surface area contributed by atoms with Crippen LogP contribution in [0.5, 0.6) is 0 Å². The van der Waals surface area contributed by atoms with Gasteiger partial charge in [0.15, 0.2) is 0 Å². The second kappa shape index (κ2) is 6.81. The first-order chi connectivity index (χ1) is 12.5. The summed E-state index contributed by atoms with van der Waals surface area (Å²) < 4.78 is 4.40. The van der Waals surface area contributed by atoms with Crippen molar-refractivity contribution in [3.05, 3.63) is 59.8 Å². The van der Waals surface area contributed by atoms with Gasteiger partial charge in [-0.3, -0.25) is 0 Å². The summed E-state index contributed by atoms with van der Waals surface area (Å²) in [5.41, 5.74) is 10.5. The van der Waals surface area contributed by atoms with Crippen molar-refractivity contribution in [1.29, 1.82) is 0 Å². The molecule has 26 heavy (non-hydrogen) atoms. The Balaban J connectivity index is 1.94. The van der Waals surface area contributed by atoms with E-state index in [2.05, 4.69) is 65.1 Å². The van der Waals surface area contributed by atoms with Crippen molar-refractivity contribution in [3.8, 4) is 0 Å². The molecule has 0 atom stereocenters. The Hall–Kier alpha value is -1.67. The van der Waals surface area contributed by atoms with Crippen LogP contribution in [0.25, 0.3) is 21.8 Å². The SMILES string of the molecule is Cc1cccc2c1c1ccccc1n2[C](=[W])/C=C1\[C](=[W])C(N)=NN1CO. The molecule has 0 saturated carbocycles. The van der Waals surface area contributed by atoms with Crippen LogP contribution in [0.3, 0.4) is 0 Å². The number of hydrogen-bond donors (Lipinski definition) is 2. The number of hydrazone groups is 1. The van der Waals surface area contributed by atoms with E-state index in [1.54, 1.807) is 5.01 Å². The number of fused-ring (bicyclic) bond motifs is 3. The van der Waals surface area contributed by atoms with Crippen molar-refractivity contribution >= 4 is 35.6 Å². The zero-order valence-corrected chi connectivity index (χ0v) is 19.9. The number of amidine groups is 1. The van der Waals surface area contributed by atoms with E-state index in [9.17, 15) is 5.11 Å². The summed E-state index contributed by atoms with van der Waals surface area (Å²) in [5, 5.41) is 17.9. The van der Waals surface area contributed by atoms with Gasteiger partial charge in [-0.05, 0) is 0 Å². The van der Waals surface area contributed by atoms with Gasteiger partial charge in [-0.15, -0.1) is 0 Å². The molecule has 3 aromatic rings. The first kappa shape index (κ1) is 17.7. The maximum absolute atomic E-state index is 9.60. The second-order valence-corrected chi connectivity index (χ2v) is 9.01. The topological polar surface area (TPSA) is 66.8 Å². The van der Waals surface area contributed by atoms with Crippen LogP contribution < -0.4 is 5.73 Å². The summed E-state index contributed by atoms with van der Waals surface area (Å²) in [6.45, 7) is 1.97. The van der Waals surface area contributed by atoms with E-state index in [1.165, 1.54) is 66.1 Å². The van der Waals surface area contributed by atoms with Gasteiger partial charge in [0.1, 0.15) is 0 Å². The third-order valence-corrected chi connectivity index (χ3v) is 7.07. The van der Waals surface area contributed by atoms with E-state index in [0.29, 0.717) is 5.84 Å². The number of aliphatic hydroxyl groups excluding tert-OH is 1. The molecule has 7 heteroatoms. The number of aliphatic hydroxyl groups is 1. The number of nitrogens with two attached hydrogens (primary N) is 1. The molecule has 0 spiro atoms. The number of benzene rings is 2. The van der Waals surface area contributed by atoms with Crippen molar-refractivity contribution < 1.29 is 43.8 Å². The molecule has 1 aliphatic rings. The fourth-order valence-electron chi connectivity index (χ4n) is 3.34. The first-order valence-electron chi connectivity index (χ1n) is 8.05. The average molecular weight is 684 g/mol. The molecule has 0 aliphatic carbocycles. The molecular formula is C19H16N4OW2. The molecular weight excluding hydrogens is 668 g/mol. The molecule has 0 bridgehead atoms. The normalized spacial score (nSPS) is 16.1. The fraction of sp³-hybridized carbons (Fsp3) is 0.105. The zero-order chi connectivity index (χ0) is 18.4. The number of nitrogens with zero attached hydrogens (tertiary/aromatic N) is 3. The Morgan fingerprint density at radius 3 is 2.69 bits per heavy atom. The van der Waals surface area contributed by atoms with Gasteiger partial charge in [0.2, 0.25) is 0 Å². The van der Waals surface area contributed by atoms with Crippen molar-refractivity contribution in [2.75, 3.05) is 6.73 Å². The molecule has 3 N–H and O–H groups in total. The van der Waals surface area contributed by atoms with Gasteiger partial charge in [-0.2, -0.15) is 0 Å². The van der Waals surface area contributed by atoms with E-state index in [-0.39, 0.29) is 6.73 Å². The van der Waals surface area contributed by atoms with E-state index < -0.39 is 0 Å². The summed E-state index contributed by atoms with van der Waals surface area (Å²) in [4.78, 5) is 0. The van der Waals surface area contributed by atoms with Crippen LogP contribution in [0.4, 0.5) is 0 Å². The van der Waals surface area contributed by atoms with Crippen LogP contribution in [0.15, 0.2) is 59.3 Å². The Morgan fingerprint density at radius 1 is 1.19 bits per heavy atom. The molecule has 5 nitrogen and oxygen atoms in total. The van der Waals surface area contributed by atoms with Gasteiger partial charge in [-0.1, -0.05) is 0 Å². The summed E-state index contributed by atoms with van der Waals surface area (Å²) in [5.74, 6) is 0.487. The third-order valence-electron chi connectivity index (χ3n) is 4.49.